The van der Waals surface area contributed by atoms with Gasteiger partial charge in [-0.25, -0.2) is 0 Å². The van der Waals surface area contributed by atoms with Crippen molar-refractivity contribution in [3.05, 3.63) is 0 Å². The Bertz CT molecular complexity index is 257. The molecule has 0 heterocycles. The Labute approximate surface area is 109 Å². The molecule has 4 N–H and O–H groups in total. The zero-order valence-corrected chi connectivity index (χ0v) is 11.4. The van der Waals surface area contributed by atoms with Gasteiger partial charge in [0.25, 0.3) is 0 Å². The van der Waals surface area contributed by atoms with Crippen LogP contribution in [0.5, 0.6) is 0 Å². The number of carbonyl (C=O) groups is 2. The van der Waals surface area contributed by atoms with Gasteiger partial charge in [-0.15, -0.1) is 0 Å². The molecule has 5 nitrogen and oxygen atoms in total. The van der Waals surface area contributed by atoms with E-state index in [9.17, 15) is 9.59 Å². The Morgan fingerprint density at radius 2 is 1.89 bits per heavy atom. The van der Waals surface area contributed by atoms with E-state index < -0.39 is 12.0 Å². The second-order valence-electron chi connectivity index (χ2n) is 4.68. The van der Waals surface area contributed by atoms with Crippen molar-refractivity contribution in [2.24, 2.45) is 11.7 Å². The molecule has 0 aromatic heterocycles. The molecule has 1 amide bonds. The average molecular weight is 258 g/mol. The summed E-state index contributed by atoms with van der Waals surface area (Å²) in [6.45, 7) is 4.61. The summed E-state index contributed by atoms with van der Waals surface area (Å²) in [4.78, 5) is 22.0. The fourth-order valence-electron chi connectivity index (χ4n) is 1.85. The molecule has 0 saturated heterocycles. The Balaban J connectivity index is 3.79. The number of carbonyl (C=O) groups excluding carboxylic acids is 1. The van der Waals surface area contributed by atoms with Crippen molar-refractivity contribution in [1.29, 1.82) is 0 Å². The lowest BCUT2D eigenvalue weighted by Gasteiger charge is -2.15. The lowest BCUT2D eigenvalue weighted by Crippen LogP contribution is -2.41. The summed E-state index contributed by atoms with van der Waals surface area (Å²) in [6.07, 6.45) is 4.20. The molecule has 0 spiro atoms. The minimum Gasteiger partial charge on any atom is -0.481 e. The molecule has 0 fully saturated rings. The smallest absolute Gasteiger partial charge is 0.303 e. The lowest BCUT2D eigenvalue weighted by atomic mass is 9.96. The first-order chi connectivity index (χ1) is 8.51. The van der Waals surface area contributed by atoms with Gasteiger partial charge < -0.3 is 16.2 Å². The van der Waals surface area contributed by atoms with Gasteiger partial charge in [0.1, 0.15) is 0 Å². The number of nitrogens with one attached hydrogen (secondary N) is 1. The third-order valence-corrected chi connectivity index (χ3v) is 3.13. The monoisotopic (exact) mass is 258 g/mol. The fourth-order valence-corrected chi connectivity index (χ4v) is 1.85. The van der Waals surface area contributed by atoms with E-state index in [1.54, 1.807) is 0 Å². The molecule has 2 atom stereocenters. The van der Waals surface area contributed by atoms with Crippen molar-refractivity contribution in [3.8, 4) is 0 Å². The number of nitrogens with two attached hydrogens (primary N) is 1. The van der Waals surface area contributed by atoms with Crippen molar-refractivity contribution in [3.63, 3.8) is 0 Å². The quantitative estimate of drug-likeness (QED) is 0.554. The number of rotatable bonds is 10. The Kier molecular flexibility index (Phi) is 9.28. The molecule has 1 unspecified atom stereocenters. The summed E-state index contributed by atoms with van der Waals surface area (Å²) < 4.78 is 0. The zero-order chi connectivity index (χ0) is 14.0. The Morgan fingerprint density at radius 3 is 2.39 bits per heavy atom. The topological polar surface area (TPSA) is 92.4 Å². The number of amides is 1. The van der Waals surface area contributed by atoms with Crippen LogP contribution in [0.2, 0.25) is 0 Å². The third-order valence-electron chi connectivity index (χ3n) is 3.13. The van der Waals surface area contributed by atoms with E-state index >= 15 is 0 Å². The highest BCUT2D eigenvalue weighted by atomic mass is 16.4. The molecular formula is C13H26N2O3. The van der Waals surface area contributed by atoms with Crippen LogP contribution in [0.4, 0.5) is 0 Å². The average Bonchev–Trinajstić information content (AvgIpc) is 2.33. The summed E-state index contributed by atoms with van der Waals surface area (Å²) >= 11 is 0. The predicted octanol–water partition coefficient (Wildman–Crippen LogP) is 1.51. The van der Waals surface area contributed by atoms with E-state index in [0.717, 1.165) is 19.3 Å². The summed E-state index contributed by atoms with van der Waals surface area (Å²) in [5.74, 6) is -0.517. The first-order valence-electron chi connectivity index (χ1n) is 6.76. The molecule has 0 rings (SSSR count). The molecule has 0 aliphatic carbocycles. The van der Waals surface area contributed by atoms with Crippen LogP contribution in [0.25, 0.3) is 0 Å². The number of carboxylic acid groups (broad SMARTS) is 1. The molecule has 0 saturated carbocycles. The van der Waals surface area contributed by atoms with Gasteiger partial charge in [0.05, 0.1) is 6.04 Å². The maximum absolute atomic E-state index is 11.5. The molecule has 5 heteroatoms. The summed E-state index contributed by atoms with van der Waals surface area (Å²) in [7, 11) is 0. The van der Waals surface area contributed by atoms with Gasteiger partial charge in [-0.1, -0.05) is 26.7 Å². The molecule has 0 aromatic carbocycles. The van der Waals surface area contributed by atoms with Crippen molar-refractivity contribution >= 4 is 11.9 Å². The number of hydrogen-bond acceptors (Lipinski definition) is 3. The maximum atomic E-state index is 11.5. The second-order valence-corrected chi connectivity index (χ2v) is 4.68. The minimum atomic E-state index is -0.762. The van der Waals surface area contributed by atoms with E-state index in [4.69, 9.17) is 10.8 Å². The summed E-state index contributed by atoms with van der Waals surface area (Å²) in [6, 6.07) is -0.422. The van der Waals surface area contributed by atoms with E-state index in [1.807, 2.05) is 13.8 Å². The molecule has 0 radical (unpaired) electrons. The largest absolute Gasteiger partial charge is 0.481 e. The van der Waals surface area contributed by atoms with Crippen LogP contribution in [0.1, 0.15) is 52.4 Å². The highest BCUT2D eigenvalue weighted by molar-refractivity contribution is 5.81. The standard InChI is InChI=1S/C13H26N2O3/c1-3-5-11(14)13(18)15-9-8-10(4-2)6-7-12(16)17/h10-11H,3-9,14H2,1-2H3,(H,15,18)(H,16,17)/t10?,11-/m1/s1. The van der Waals surface area contributed by atoms with Crippen LogP contribution in [0.3, 0.4) is 0 Å². The van der Waals surface area contributed by atoms with Gasteiger partial charge in [-0.2, -0.15) is 0 Å². The van der Waals surface area contributed by atoms with Crippen LogP contribution < -0.4 is 11.1 Å². The number of aliphatic carboxylic acids is 1. The van der Waals surface area contributed by atoms with Gasteiger partial charge >= 0.3 is 5.97 Å². The van der Waals surface area contributed by atoms with Gasteiger partial charge in [-0.3, -0.25) is 9.59 Å². The Hall–Kier alpha value is -1.10. The van der Waals surface area contributed by atoms with Gasteiger partial charge in [-0.05, 0) is 25.2 Å². The van der Waals surface area contributed by atoms with Gasteiger partial charge in [0.15, 0.2) is 0 Å². The predicted molar refractivity (Wildman–Crippen MR) is 71.2 cm³/mol. The molecule has 0 bridgehead atoms. The minimum absolute atomic E-state index is 0.107. The highest BCUT2D eigenvalue weighted by Crippen LogP contribution is 2.14. The SMILES string of the molecule is CCC[C@@H](N)C(=O)NCCC(CC)CCC(=O)O. The van der Waals surface area contributed by atoms with Crippen LogP contribution in [0, 0.1) is 5.92 Å². The van der Waals surface area contributed by atoms with Crippen molar-refractivity contribution in [1.82, 2.24) is 5.32 Å². The molecule has 18 heavy (non-hydrogen) atoms. The van der Waals surface area contributed by atoms with Crippen molar-refractivity contribution in [2.75, 3.05) is 6.54 Å². The van der Waals surface area contributed by atoms with E-state index in [-0.39, 0.29) is 12.3 Å². The molecular weight excluding hydrogens is 232 g/mol. The lowest BCUT2D eigenvalue weighted by molar-refractivity contribution is -0.137. The zero-order valence-electron chi connectivity index (χ0n) is 11.4. The fraction of sp³-hybridized carbons (Fsp3) is 0.846. The van der Waals surface area contributed by atoms with Crippen LogP contribution in [-0.2, 0) is 9.59 Å². The first-order valence-corrected chi connectivity index (χ1v) is 6.76. The van der Waals surface area contributed by atoms with Crippen LogP contribution >= 0.6 is 0 Å². The highest BCUT2D eigenvalue weighted by Gasteiger charge is 2.13. The number of hydrogen-bond donors (Lipinski definition) is 3. The Morgan fingerprint density at radius 1 is 1.22 bits per heavy atom. The molecule has 0 aromatic rings. The van der Waals surface area contributed by atoms with Gasteiger partial charge in [0, 0.05) is 13.0 Å². The summed E-state index contributed by atoms with van der Waals surface area (Å²) in [5, 5.41) is 11.4. The van der Waals surface area contributed by atoms with E-state index in [1.165, 1.54) is 0 Å². The molecule has 106 valence electrons. The van der Waals surface area contributed by atoms with Gasteiger partial charge in [0.2, 0.25) is 5.91 Å². The van der Waals surface area contributed by atoms with E-state index in [0.29, 0.717) is 25.3 Å². The van der Waals surface area contributed by atoms with Crippen molar-refractivity contribution < 1.29 is 14.7 Å². The first kappa shape index (κ1) is 16.9. The second kappa shape index (κ2) is 9.88. The summed E-state index contributed by atoms with van der Waals surface area (Å²) in [5.41, 5.74) is 5.69. The number of carboxylic acids is 1. The molecule has 0 aliphatic heterocycles. The maximum Gasteiger partial charge on any atom is 0.303 e. The van der Waals surface area contributed by atoms with E-state index in [2.05, 4.69) is 5.32 Å². The molecule has 0 aliphatic rings. The van der Waals surface area contributed by atoms with Crippen molar-refractivity contribution in [2.45, 2.75) is 58.4 Å². The van der Waals surface area contributed by atoms with Crippen LogP contribution in [-0.4, -0.2) is 29.6 Å². The third kappa shape index (κ3) is 8.06. The van der Waals surface area contributed by atoms with Crippen LogP contribution in [0.15, 0.2) is 0 Å². The normalized spacial score (nSPS) is 13.9.